The third-order valence-corrected chi connectivity index (χ3v) is 3.47. The van der Waals surface area contributed by atoms with E-state index >= 15 is 0 Å². The fourth-order valence-corrected chi connectivity index (χ4v) is 2.45. The number of rotatable bonds is 1. The second-order valence-electron chi connectivity index (χ2n) is 4.18. The van der Waals surface area contributed by atoms with E-state index < -0.39 is 0 Å². The molecule has 0 aromatic heterocycles. The van der Waals surface area contributed by atoms with Crippen molar-refractivity contribution in [3.8, 4) is 0 Å². The van der Waals surface area contributed by atoms with Crippen molar-refractivity contribution in [2.45, 2.75) is 13.0 Å². The molecule has 1 heterocycles. The van der Waals surface area contributed by atoms with Crippen LogP contribution in [-0.4, -0.2) is 36.5 Å². The monoisotopic (exact) mass is 308 g/mol. The topological polar surface area (TPSA) is 32.3 Å². The molecule has 6 heteroatoms. The van der Waals surface area contributed by atoms with E-state index in [1.54, 1.807) is 18.2 Å². The predicted octanol–water partition coefficient (Wildman–Crippen LogP) is 2.85. The summed E-state index contributed by atoms with van der Waals surface area (Å²) in [4.78, 5) is 14.2. The van der Waals surface area contributed by atoms with Crippen molar-refractivity contribution in [2.24, 2.45) is 0 Å². The van der Waals surface area contributed by atoms with E-state index in [0.717, 1.165) is 13.1 Å². The summed E-state index contributed by atoms with van der Waals surface area (Å²) in [5.74, 6) is -0.0272. The van der Waals surface area contributed by atoms with Gasteiger partial charge in [0.2, 0.25) is 0 Å². The van der Waals surface area contributed by atoms with E-state index in [9.17, 15) is 4.79 Å². The smallest absolute Gasteiger partial charge is 0.255 e. The Morgan fingerprint density at radius 3 is 2.78 bits per heavy atom. The number of carbonyl (C=O) groups is 1. The maximum atomic E-state index is 12.3. The normalized spacial score (nSPS) is 19.3. The number of carbonyl (C=O) groups excluding carboxylic acids is 1. The molecule has 1 fully saturated rings. The van der Waals surface area contributed by atoms with Gasteiger partial charge in [-0.15, -0.1) is 12.4 Å². The molecule has 0 bridgehead atoms. The summed E-state index contributed by atoms with van der Waals surface area (Å²) in [5.41, 5.74) is 0.518. The fourth-order valence-electron chi connectivity index (χ4n) is 1.96. The van der Waals surface area contributed by atoms with Crippen molar-refractivity contribution < 1.29 is 4.79 Å². The average Bonchev–Trinajstić information content (AvgIpc) is 2.29. The Labute approximate surface area is 123 Å². The van der Waals surface area contributed by atoms with Gasteiger partial charge in [0, 0.05) is 30.7 Å². The lowest BCUT2D eigenvalue weighted by atomic mass is 10.1. The van der Waals surface area contributed by atoms with Gasteiger partial charge in [0.05, 0.1) is 10.6 Å². The van der Waals surface area contributed by atoms with Crippen LogP contribution in [0.5, 0.6) is 0 Å². The molecule has 1 amide bonds. The molecule has 1 aliphatic heterocycles. The molecule has 18 heavy (non-hydrogen) atoms. The Bertz CT molecular complexity index is 439. The minimum atomic E-state index is -0.0272. The van der Waals surface area contributed by atoms with Crippen LogP contribution in [0, 0.1) is 0 Å². The van der Waals surface area contributed by atoms with Gasteiger partial charge < -0.3 is 10.2 Å². The standard InChI is InChI=1S/C12H14Cl2N2O.ClH/c1-8-7-15-4-5-16(8)12(17)10-3-2-9(13)6-11(10)14;/h2-3,6,8,15H,4-5,7H2,1H3;1H. The van der Waals surface area contributed by atoms with Crippen molar-refractivity contribution >= 4 is 41.5 Å². The number of hydrogen-bond acceptors (Lipinski definition) is 2. The van der Waals surface area contributed by atoms with Crippen LogP contribution in [0.1, 0.15) is 17.3 Å². The molecule has 1 saturated heterocycles. The van der Waals surface area contributed by atoms with E-state index in [1.807, 2.05) is 11.8 Å². The second-order valence-corrected chi connectivity index (χ2v) is 5.02. The van der Waals surface area contributed by atoms with E-state index in [0.29, 0.717) is 22.2 Å². The molecule has 1 unspecified atom stereocenters. The molecule has 0 radical (unpaired) electrons. The van der Waals surface area contributed by atoms with Gasteiger partial charge >= 0.3 is 0 Å². The molecule has 1 N–H and O–H groups in total. The van der Waals surface area contributed by atoms with Gasteiger partial charge in [-0.25, -0.2) is 0 Å². The Hall–Kier alpha value is -0.480. The molecule has 0 aliphatic carbocycles. The minimum Gasteiger partial charge on any atom is -0.333 e. The van der Waals surface area contributed by atoms with Crippen LogP contribution >= 0.6 is 35.6 Å². The quantitative estimate of drug-likeness (QED) is 0.865. The van der Waals surface area contributed by atoms with Gasteiger partial charge in [-0.05, 0) is 25.1 Å². The fraction of sp³-hybridized carbons (Fsp3) is 0.417. The van der Waals surface area contributed by atoms with Gasteiger partial charge in [0.25, 0.3) is 5.91 Å². The maximum Gasteiger partial charge on any atom is 0.255 e. The zero-order valence-electron chi connectivity index (χ0n) is 9.95. The van der Waals surface area contributed by atoms with Crippen LogP contribution in [0.15, 0.2) is 18.2 Å². The van der Waals surface area contributed by atoms with Crippen molar-refractivity contribution in [3.05, 3.63) is 33.8 Å². The van der Waals surface area contributed by atoms with Crippen LogP contribution in [0.4, 0.5) is 0 Å². The third kappa shape index (κ3) is 3.29. The molecule has 1 aliphatic rings. The molecule has 100 valence electrons. The summed E-state index contributed by atoms with van der Waals surface area (Å²) in [5, 5.41) is 4.20. The Kier molecular flexibility index (Phi) is 5.73. The van der Waals surface area contributed by atoms with Crippen molar-refractivity contribution in [3.63, 3.8) is 0 Å². The van der Waals surface area contributed by atoms with E-state index in [2.05, 4.69) is 5.32 Å². The Balaban J connectivity index is 0.00000162. The van der Waals surface area contributed by atoms with Crippen LogP contribution in [-0.2, 0) is 0 Å². The van der Waals surface area contributed by atoms with Crippen molar-refractivity contribution in [1.29, 1.82) is 0 Å². The highest BCUT2D eigenvalue weighted by Crippen LogP contribution is 2.23. The molecular formula is C12H15Cl3N2O. The first kappa shape index (κ1) is 15.6. The highest BCUT2D eigenvalue weighted by molar-refractivity contribution is 6.36. The summed E-state index contributed by atoms with van der Waals surface area (Å²) in [6.45, 7) is 4.37. The number of hydrogen-bond donors (Lipinski definition) is 1. The molecule has 0 saturated carbocycles. The molecule has 3 nitrogen and oxygen atoms in total. The number of nitrogens with one attached hydrogen (secondary N) is 1. The molecule has 1 aromatic carbocycles. The summed E-state index contributed by atoms with van der Waals surface area (Å²) >= 11 is 11.9. The summed E-state index contributed by atoms with van der Waals surface area (Å²) in [6.07, 6.45) is 0. The Morgan fingerprint density at radius 2 is 2.17 bits per heavy atom. The van der Waals surface area contributed by atoms with Gasteiger partial charge in [0.1, 0.15) is 0 Å². The van der Waals surface area contributed by atoms with Crippen LogP contribution in [0.3, 0.4) is 0 Å². The zero-order chi connectivity index (χ0) is 12.4. The predicted molar refractivity (Wildman–Crippen MR) is 77.1 cm³/mol. The number of nitrogens with zero attached hydrogens (tertiary/aromatic N) is 1. The van der Waals surface area contributed by atoms with Gasteiger partial charge in [0.15, 0.2) is 0 Å². The summed E-state index contributed by atoms with van der Waals surface area (Å²) in [7, 11) is 0. The molecule has 1 aromatic rings. The second kappa shape index (κ2) is 6.62. The minimum absolute atomic E-state index is 0. The van der Waals surface area contributed by atoms with Gasteiger partial charge in [-0.2, -0.15) is 0 Å². The van der Waals surface area contributed by atoms with Crippen LogP contribution < -0.4 is 5.32 Å². The Morgan fingerprint density at radius 1 is 1.44 bits per heavy atom. The lowest BCUT2D eigenvalue weighted by Gasteiger charge is -2.34. The zero-order valence-corrected chi connectivity index (χ0v) is 12.3. The largest absolute Gasteiger partial charge is 0.333 e. The van der Waals surface area contributed by atoms with Crippen molar-refractivity contribution in [1.82, 2.24) is 10.2 Å². The third-order valence-electron chi connectivity index (χ3n) is 2.92. The average molecular weight is 310 g/mol. The first-order chi connectivity index (χ1) is 8.09. The van der Waals surface area contributed by atoms with E-state index in [4.69, 9.17) is 23.2 Å². The number of benzene rings is 1. The maximum absolute atomic E-state index is 12.3. The van der Waals surface area contributed by atoms with E-state index in [1.165, 1.54) is 0 Å². The lowest BCUT2D eigenvalue weighted by molar-refractivity contribution is 0.0656. The molecule has 0 spiro atoms. The molecular weight excluding hydrogens is 295 g/mol. The number of piperazine rings is 1. The van der Waals surface area contributed by atoms with Gasteiger partial charge in [-0.1, -0.05) is 23.2 Å². The first-order valence-corrected chi connectivity index (χ1v) is 6.32. The SMILES string of the molecule is CC1CNCCN1C(=O)c1ccc(Cl)cc1Cl.Cl. The lowest BCUT2D eigenvalue weighted by Crippen LogP contribution is -2.52. The number of amides is 1. The van der Waals surface area contributed by atoms with Gasteiger partial charge in [-0.3, -0.25) is 4.79 Å². The van der Waals surface area contributed by atoms with E-state index in [-0.39, 0.29) is 24.4 Å². The van der Waals surface area contributed by atoms with Crippen LogP contribution in [0.2, 0.25) is 10.0 Å². The van der Waals surface area contributed by atoms with Crippen molar-refractivity contribution in [2.75, 3.05) is 19.6 Å². The highest BCUT2D eigenvalue weighted by atomic mass is 35.5. The summed E-state index contributed by atoms with van der Waals surface area (Å²) < 4.78 is 0. The number of halogens is 3. The first-order valence-electron chi connectivity index (χ1n) is 5.56. The molecule has 2 rings (SSSR count). The highest BCUT2D eigenvalue weighted by Gasteiger charge is 2.25. The van der Waals surface area contributed by atoms with Crippen LogP contribution in [0.25, 0.3) is 0 Å². The summed E-state index contributed by atoms with van der Waals surface area (Å²) in [6, 6.07) is 5.15. The molecule has 1 atom stereocenters.